The van der Waals surface area contributed by atoms with Crippen LogP contribution in [0.5, 0.6) is 0 Å². The first-order chi connectivity index (χ1) is 10.7. The van der Waals surface area contributed by atoms with Gasteiger partial charge in [0.15, 0.2) is 0 Å². The number of aryl methyl sites for hydroxylation is 1. The zero-order valence-electron chi connectivity index (χ0n) is 14.9. The molecule has 1 N–H and O–H groups in total. The SMILES string of the molecule is Cc1ncsc1CNCC1(C)CCCN(C(=O)OC(C)(C)C)C1. The van der Waals surface area contributed by atoms with Gasteiger partial charge in [-0.25, -0.2) is 9.78 Å². The molecule has 1 aliphatic heterocycles. The van der Waals surface area contributed by atoms with Crippen LogP contribution >= 0.6 is 11.3 Å². The van der Waals surface area contributed by atoms with E-state index in [-0.39, 0.29) is 11.5 Å². The summed E-state index contributed by atoms with van der Waals surface area (Å²) >= 11 is 1.69. The number of aromatic nitrogens is 1. The summed E-state index contributed by atoms with van der Waals surface area (Å²) in [5.74, 6) is 0. The Hall–Kier alpha value is -1.14. The lowest BCUT2D eigenvalue weighted by molar-refractivity contribution is 0.00676. The van der Waals surface area contributed by atoms with Gasteiger partial charge in [0.25, 0.3) is 0 Å². The van der Waals surface area contributed by atoms with Crippen molar-refractivity contribution >= 4 is 17.4 Å². The number of nitrogens with one attached hydrogen (secondary N) is 1. The van der Waals surface area contributed by atoms with Crippen LogP contribution in [-0.4, -0.2) is 41.2 Å². The molecule has 2 heterocycles. The molecule has 1 atom stereocenters. The molecular formula is C17H29N3O2S. The predicted octanol–water partition coefficient (Wildman–Crippen LogP) is 3.58. The van der Waals surface area contributed by atoms with Crippen LogP contribution in [0, 0.1) is 12.3 Å². The molecule has 5 nitrogen and oxygen atoms in total. The Balaban J connectivity index is 1.86. The number of amides is 1. The second-order valence-corrected chi connectivity index (χ2v) is 8.72. The molecule has 0 aliphatic carbocycles. The van der Waals surface area contributed by atoms with E-state index in [9.17, 15) is 4.79 Å². The molecule has 0 saturated carbocycles. The molecule has 130 valence electrons. The van der Waals surface area contributed by atoms with Gasteiger partial charge < -0.3 is 15.0 Å². The average molecular weight is 340 g/mol. The summed E-state index contributed by atoms with van der Waals surface area (Å²) in [4.78, 5) is 19.7. The van der Waals surface area contributed by atoms with E-state index < -0.39 is 5.60 Å². The molecular weight excluding hydrogens is 310 g/mol. The molecule has 0 bridgehead atoms. The molecule has 1 aromatic rings. The van der Waals surface area contributed by atoms with Gasteiger partial charge in [0, 0.05) is 31.1 Å². The topological polar surface area (TPSA) is 54.5 Å². The lowest BCUT2D eigenvalue weighted by Crippen LogP contribution is -2.50. The van der Waals surface area contributed by atoms with Crippen molar-refractivity contribution < 1.29 is 9.53 Å². The van der Waals surface area contributed by atoms with E-state index in [2.05, 4.69) is 17.2 Å². The molecule has 0 radical (unpaired) electrons. The monoisotopic (exact) mass is 339 g/mol. The van der Waals surface area contributed by atoms with Gasteiger partial charge in [0.1, 0.15) is 5.60 Å². The molecule has 1 saturated heterocycles. The second-order valence-electron chi connectivity index (χ2n) is 7.78. The first-order valence-electron chi connectivity index (χ1n) is 8.26. The van der Waals surface area contributed by atoms with E-state index in [4.69, 9.17) is 4.74 Å². The quantitative estimate of drug-likeness (QED) is 0.911. The van der Waals surface area contributed by atoms with E-state index in [1.54, 1.807) is 11.3 Å². The van der Waals surface area contributed by atoms with Crippen molar-refractivity contribution in [2.24, 2.45) is 5.41 Å². The summed E-state index contributed by atoms with van der Waals surface area (Å²) in [6.45, 7) is 13.3. The van der Waals surface area contributed by atoms with Crippen molar-refractivity contribution in [1.29, 1.82) is 0 Å². The van der Waals surface area contributed by atoms with Gasteiger partial charge in [-0.3, -0.25) is 0 Å². The number of nitrogens with zero attached hydrogens (tertiary/aromatic N) is 2. The Morgan fingerprint density at radius 1 is 1.52 bits per heavy atom. The van der Waals surface area contributed by atoms with Crippen molar-refractivity contribution in [3.63, 3.8) is 0 Å². The normalized spacial score (nSPS) is 22.2. The summed E-state index contributed by atoms with van der Waals surface area (Å²) in [6, 6.07) is 0. The largest absolute Gasteiger partial charge is 0.444 e. The predicted molar refractivity (Wildman–Crippen MR) is 93.7 cm³/mol. The molecule has 1 unspecified atom stereocenters. The van der Waals surface area contributed by atoms with Gasteiger partial charge in [-0.15, -0.1) is 11.3 Å². The molecule has 2 rings (SSSR count). The number of ether oxygens (including phenoxy) is 1. The number of carbonyl (C=O) groups is 1. The first-order valence-corrected chi connectivity index (χ1v) is 9.14. The lowest BCUT2D eigenvalue weighted by Gasteiger charge is -2.41. The Morgan fingerprint density at radius 2 is 2.26 bits per heavy atom. The van der Waals surface area contributed by atoms with Crippen molar-refractivity contribution in [3.05, 3.63) is 16.1 Å². The van der Waals surface area contributed by atoms with Gasteiger partial charge in [-0.05, 0) is 46.0 Å². The van der Waals surface area contributed by atoms with E-state index in [1.165, 1.54) is 4.88 Å². The lowest BCUT2D eigenvalue weighted by atomic mass is 9.82. The third kappa shape index (κ3) is 5.46. The number of thiazole rings is 1. The fraction of sp³-hybridized carbons (Fsp3) is 0.765. The molecule has 6 heteroatoms. The van der Waals surface area contributed by atoms with Crippen LogP contribution in [0.15, 0.2) is 5.51 Å². The summed E-state index contributed by atoms with van der Waals surface area (Å²) in [6.07, 6.45) is 1.96. The van der Waals surface area contributed by atoms with Crippen LogP contribution in [0.2, 0.25) is 0 Å². The van der Waals surface area contributed by atoms with Gasteiger partial charge in [-0.2, -0.15) is 0 Å². The molecule has 1 aromatic heterocycles. The minimum Gasteiger partial charge on any atom is -0.444 e. The maximum atomic E-state index is 12.3. The standard InChI is InChI=1S/C17H29N3O2S/c1-13-14(23-12-19-13)9-18-10-17(5)7-6-8-20(11-17)15(21)22-16(2,3)4/h12,18H,6-11H2,1-5H3. The third-order valence-corrected chi connectivity index (χ3v) is 5.05. The third-order valence-electron chi connectivity index (χ3n) is 4.11. The van der Waals surface area contributed by atoms with Crippen molar-refractivity contribution in [2.45, 2.75) is 59.6 Å². The molecule has 23 heavy (non-hydrogen) atoms. The van der Waals surface area contributed by atoms with Gasteiger partial charge in [-0.1, -0.05) is 6.92 Å². The minimum atomic E-state index is -0.438. The van der Waals surface area contributed by atoms with Gasteiger partial charge in [0.05, 0.1) is 11.2 Å². The van der Waals surface area contributed by atoms with Crippen LogP contribution in [0.3, 0.4) is 0 Å². The average Bonchev–Trinajstić information content (AvgIpc) is 2.82. The number of piperidine rings is 1. The highest BCUT2D eigenvalue weighted by Gasteiger charge is 2.34. The maximum Gasteiger partial charge on any atom is 0.410 e. The summed E-state index contributed by atoms with van der Waals surface area (Å²) in [5.41, 5.74) is 2.64. The zero-order chi connectivity index (χ0) is 17.1. The number of hydrogen-bond donors (Lipinski definition) is 1. The highest BCUT2D eigenvalue weighted by molar-refractivity contribution is 7.09. The van der Waals surface area contributed by atoms with Crippen LogP contribution < -0.4 is 5.32 Å². The van der Waals surface area contributed by atoms with Crippen molar-refractivity contribution in [3.8, 4) is 0 Å². The van der Waals surface area contributed by atoms with E-state index in [0.29, 0.717) is 0 Å². The van der Waals surface area contributed by atoms with Crippen LogP contribution in [-0.2, 0) is 11.3 Å². The maximum absolute atomic E-state index is 12.3. The number of likely N-dealkylation sites (tertiary alicyclic amines) is 1. The van der Waals surface area contributed by atoms with Gasteiger partial charge >= 0.3 is 6.09 Å². The van der Waals surface area contributed by atoms with E-state index >= 15 is 0 Å². The fourth-order valence-corrected chi connectivity index (χ4v) is 3.66. The molecule has 0 aromatic carbocycles. The fourth-order valence-electron chi connectivity index (χ4n) is 2.92. The highest BCUT2D eigenvalue weighted by Crippen LogP contribution is 2.30. The second kappa shape index (κ2) is 7.18. The molecule has 0 spiro atoms. The Kier molecular flexibility index (Phi) is 5.68. The van der Waals surface area contributed by atoms with Crippen molar-refractivity contribution in [1.82, 2.24) is 15.2 Å². The van der Waals surface area contributed by atoms with Crippen LogP contribution in [0.1, 0.15) is 51.1 Å². The number of hydrogen-bond acceptors (Lipinski definition) is 5. The van der Waals surface area contributed by atoms with E-state index in [0.717, 1.165) is 44.7 Å². The molecule has 1 aliphatic rings. The zero-order valence-corrected chi connectivity index (χ0v) is 15.8. The Morgan fingerprint density at radius 3 is 2.87 bits per heavy atom. The number of carbonyl (C=O) groups excluding carboxylic acids is 1. The van der Waals surface area contributed by atoms with Crippen LogP contribution in [0.4, 0.5) is 4.79 Å². The first kappa shape index (κ1) is 18.2. The smallest absolute Gasteiger partial charge is 0.410 e. The highest BCUT2D eigenvalue weighted by atomic mass is 32.1. The Labute approximate surface area is 143 Å². The summed E-state index contributed by atoms with van der Waals surface area (Å²) in [7, 11) is 0. The van der Waals surface area contributed by atoms with Crippen LogP contribution in [0.25, 0.3) is 0 Å². The summed E-state index contributed by atoms with van der Waals surface area (Å²) in [5, 5.41) is 3.54. The van der Waals surface area contributed by atoms with Gasteiger partial charge in [0.2, 0.25) is 0 Å². The Bertz CT molecular complexity index is 538. The van der Waals surface area contributed by atoms with Crippen molar-refractivity contribution in [2.75, 3.05) is 19.6 Å². The molecule has 1 fully saturated rings. The minimum absolute atomic E-state index is 0.0910. The summed E-state index contributed by atoms with van der Waals surface area (Å²) < 4.78 is 5.51. The van der Waals surface area contributed by atoms with E-state index in [1.807, 2.05) is 38.1 Å². The number of rotatable bonds is 4. The molecule has 1 amide bonds.